The van der Waals surface area contributed by atoms with Crippen molar-refractivity contribution in [2.24, 2.45) is 0 Å². The number of carbonyl (C=O) groups is 2. The van der Waals surface area contributed by atoms with Crippen LogP contribution in [0.2, 0.25) is 0 Å². The van der Waals surface area contributed by atoms with E-state index >= 15 is 0 Å². The van der Waals surface area contributed by atoms with Crippen molar-refractivity contribution in [3.63, 3.8) is 0 Å². The first-order chi connectivity index (χ1) is 8.64. The molecule has 19 heavy (non-hydrogen) atoms. The van der Waals surface area contributed by atoms with Crippen LogP contribution >= 0.6 is 0 Å². The Kier molecular flexibility index (Phi) is 6.33. The van der Waals surface area contributed by atoms with E-state index < -0.39 is 11.9 Å². The van der Waals surface area contributed by atoms with Crippen LogP contribution in [0, 0.1) is 0 Å². The van der Waals surface area contributed by atoms with E-state index in [-0.39, 0.29) is 5.41 Å². The number of carboxylic acid groups (broad SMARTS) is 2. The van der Waals surface area contributed by atoms with E-state index in [1.54, 1.807) is 6.07 Å². The van der Waals surface area contributed by atoms with Crippen molar-refractivity contribution in [1.82, 2.24) is 0 Å². The molecule has 5 nitrogen and oxygen atoms in total. The Balaban J connectivity index is 0.000000362. The molecule has 0 radical (unpaired) electrons. The molecule has 0 aromatic heterocycles. The highest BCUT2D eigenvalue weighted by molar-refractivity contribution is 5.89. The van der Waals surface area contributed by atoms with Crippen LogP contribution in [0.25, 0.3) is 0 Å². The van der Waals surface area contributed by atoms with Crippen LogP contribution in [-0.2, 0) is 15.0 Å². The topological polar surface area (TPSA) is 94.8 Å². The molecule has 0 aliphatic carbocycles. The third kappa shape index (κ3) is 7.59. The second-order valence-electron chi connectivity index (χ2n) is 4.78. The minimum Gasteiger partial charge on any atom is -0.508 e. The zero-order valence-electron chi connectivity index (χ0n) is 11.1. The number of carboxylic acids is 2. The van der Waals surface area contributed by atoms with Gasteiger partial charge < -0.3 is 15.3 Å². The maximum absolute atomic E-state index is 9.55. The molecule has 0 fully saturated rings. The van der Waals surface area contributed by atoms with E-state index in [2.05, 4.69) is 20.8 Å². The van der Waals surface area contributed by atoms with Crippen molar-refractivity contribution in [1.29, 1.82) is 0 Å². The molecule has 0 saturated carbocycles. The molecular weight excluding hydrogens is 248 g/mol. The van der Waals surface area contributed by atoms with E-state index in [1.807, 2.05) is 18.2 Å². The lowest BCUT2D eigenvalue weighted by Gasteiger charge is -2.19. The number of hydrogen-bond donors (Lipinski definition) is 3. The van der Waals surface area contributed by atoms with Crippen LogP contribution in [0.1, 0.15) is 26.3 Å². The summed E-state index contributed by atoms with van der Waals surface area (Å²) in [5, 5.41) is 25.1. The lowest BCUT2D eigenvalue weighted by atomic mass is 9.86. The molecular formula is C14H18O5. The SMILES string of the molecule is CC(C)(C)c1ccccc1O.O=C(O)C=CC(=O)O. The Hall–Kier alpha value is -2.30. The highest BCUT2D eigenvalue weighted by atomic mass is 16.4. The number of aliphatic carboxylic acids is 2. The van der Waals surface area contributed by atoms with E-state index in [9.17, 15) is 14.7 Å². The molecule has 0 heterocycles. The molecule has 0 bridgehead atoms. The predicted molar refractivity (Wildman–Crippen MR) is 71.2 cm³/mol. The number of rotatable bonds is 2. The summed E-state index contributed by atoms with van der Waals surface area (Å²) in [6, 6.07) is 7.46. The van der Waals surface area contributed by atoms with Crippen LogP contribution < -0.4 is 0 Å². The summed E-state index contributed by atoms with van der Waals surface area (Å²) in [4.78, 5) is 19.1. The molecule has 1 aromatic rings. The van der Waals surface area contributed by atoms with Gasteiger partial charge in [0.2, 0.25) is 0 Å². The average molecular weight is 266 g/mol. The fourth-order valence-corrected chi connectivity index (χ4v) is 1.25. The quantitative estimate of drug-likeness (QED) is 0.714. The third-order valence-corrected chi connectivity index (χ3v) is 2.08. The Labute approximate surface area is 111 Å². The minimum atomic E-state index is -1.26. The number of phenols is 1. The molecule has 5 heteroatoms. The maximum Gasteiger partial charge on any atom is 0.328 e. The molecule has 1 aromatic carbocycles. The summed E-state index contributed by atoms with van der Waals surface area (Å²) in [6.45, 7) is 6.26. The first kappa shape index (κ1) is 16.7. The molecule has 104 valence electrons. The molecule has 0 saturated heterocycles. The van der Waals surface area contributed by atoms with E-state index in [1.165, 1.54) is 0 Å². The van der Waals surface area contributed by atoms with Gasteiger partial charge in [-0.05, 0) is 17.0 Å². The summed E-state index contributed by atoms with van der Waals surface area (Å²) < 4.78 is 0. The summed E-state index contributed by atoms with van der Waals surface area (Å²) in [7, 11) is 0. The molecule has 0 spiro atoms. The smallest absolute Gasteiger partial charge is 0.328 e. The highest BCUT2D eigenvalue weighted by Crippen LogP contribution is 2.29. The fraction of sp³-hybridized carbons (Fsp3) is 0.286. The Morgan fingerprint density at radius 3 is 1.68 bits per heavy atom. The van der Waals surface area contributed by atoms with Gasteiger partial charge in [-0.2, -0.15) is 0 Å². The van der Waals surface area contributed by atoms with E-state index in [0.717, 1.165) is 5.56 Å². The average Bonchev–Trinajstić information content (AvgIpc) is 2.26. The van der Waals surface area contributed by atoms with Gasteiger partial charge in [0.25, 0.3) is 0 Å². The second-order valence-corrected chi connectivity index (χ2v) is 4.78. The molecule has 0 aliphatic heterocycles. The Morgan fingerprint density at radius 1 is 1.00 bits per heavy atom. The van der Waals surface area contributed by atoms with Gasteiger partial charge >= 0.3 is 11.9 Å². The number of hydrogen-bond acceptors (Lipinski definition) is 3. The van der Waals surface area contributed by atoms with Crippen molar-refractivity contribution in [2.75, 3.05) is 0 Å². The zero-order chi connectivity index (χ0) is 15.1. The predicted octanol–water partition coefficient (Wildman–Crippen LogP) is 2.40. The monoisotopic (exact) mass is 266 g/mol. The van der Waals surface area contributed by atoms with Crippen LogP contribution in [0.4, 0.5) is 0 Å². The fourth-order valence-electron chi connectivity index (χ4n) is 1.25. The van der Waals surface area contributed by atoms with Gasteiger partial charge in [-0.1, -0.05) is 39.0 Å². The van der Waals surface area contributed by atoms with Gasteiger partial charge in [0.05, 0.1) is 0 Å². The van der Waals surface area contributed by atoms with Gasteiger partial charge in [-0.15, -0.1) is 0 Å². The molecule has 1 rings (SSSR count). The van der Waals surface area contributed by atoms with Gasteiger partial charge in [0.15, 0.2) is 0 Å². The van der Waals surface area contributed by atoms with Crippen molar-refractivity contribution < 1.29 is 24.9 Å². The Morgan fingerprint density at radius 2 is 1.42 bits per heavy atom. The number of phenolic OH excluding ortho intramolecular Hbond substituents is 1. The minimum absolute atomic E-state index is 0.0331. The van der Waals surface area contributed by atoms with Crippen molar-refractivity contribution >= 4 is 11.9 Å². The first-order valence-electron chi connectivity index (χ1n) is 5.57. The van der Waals surface area contributed by atoms with E-state index in [0.29, 0.717) is 17.9 Å². The van der Waals surface area contributed by atoms with Gasteiger partial charge in [-0.25, -0.2) is 9.59 Å². The molecule has 0 atom stereocenters. The van der Waals surface area contributed by atoms with Crippen LogP contribution in [0.15, 0.2) is 36.4 Å². The maximum atomic E-state index is 9.55. The van der Waals surface area contributed by atoms with Crippen molar-refractivity contribution in [3.8, 4) is 5.75 Å². The lowest BCUT2D eigenvalue weighted by molar-refractivity contribution is -0.134. The van der Waals surface area contributed by atoms with Crippen molar-refractivity contribution in [3.05, 3.63) is 42.0 Å². The first-order valence-corrected chi connectivity index (χ1v) is 5.57. The van der Waals surface area contributed by atoms with Crippen molar-refractivity contribution in [2.45, 2.75) is 26.2 Å². The standard InChI is InChI=1S/C10H14O.C4H4O4/c1-10(2,3)8-6-4-5-7-9(8)11;5-3(6)1-2-4(7)8/h4-7,11H,1-3H3;1-2H,(H,5,6)(H,7,8). The summed E-state index contributed by atoms with van der Waals surface area (Å²) in [5.74, 6) is -2.13. The Bertz CT molecular complexity index is 453. The van der Waals surface area contributed by atoms with Crippen LogP contribution in [0.5, 0.6) is 5.75 Å². The summed E-state index contributed by atoms with van der Waals surface area (Å²) >= 11 is 0. The van der Waals surface area contributed by atoms with Gasteiger partial charge in [-0.3, -0.25) is 0 Å². The zero-order valence-corrected chi connectivity index (χ0v) is 11.1. The van der Waals surface area contributed by atoms with Gasteiger partial charge in [0.1, 0.15) is 5.75 Å². The van der Waals surface area contributed by atoms with Crippen LogP contribution in [0.3, 0.4) is 0 Å². The summed E-state index contributed by atoms with van der Waals surface area (Å²) in [5.41, 5.74) is 1.03. The van der Waals surface area contributed by atoms with Crippen LogP contribution in [-0.4, -0.2) is 27.3 Å². The highest BCUT2D eigenvalue weighted by Gasteiger charge is 2.16. The van der Waals surface area contributed by atoms with Gasteiger partial charge in [0, 0.05) is 12.2 Å². The third-order valence-electron chi connectivity index (χ3n) is 2.08. The molecule has 0 aliphatic rings. The summed E-state index contributed by atoms with van der Waals surface area (Å²) in [6.07, 6.45) is 1.12. The second kappa shape index (κ2) is 7.20. The van der Waals surface area contributed by atoms with E-state index in [4.69, 9.17) is 10.2 Å². The largest absolute Gasteiger partial charge is 0.508 e. The number of para-hydroxylation sites is 1. The number of benzene rings is 1. The molecule has 0 amide bonds. The normalized spacial score (nSPS) is 10.7. The molecule has 0 unspecified atom stereocenters. The lowest BCUT2D eigenvalue weighted by Crippen LogP contribution is -2.10. The number of aromatic hydroxyl groups is 1. The molecule has 3 N–H and O–H groups in total.